The summed E-state index contributed by atoms with van der Waals surface area (Å²) in [6.45, 7) is 0.991. The van der Waals surface area contributed by atoms with Crippen LogP contribution in [-0.2, 0) is 20.0 Å². The first kappa shape index (κ1) is 20.6. The van der Waals surface area contributed by atoms with Gasteiger partial charge in [0.05, 0.1) is 15.5 Å². The van der Waals surface area contributed by atoms with Crippen molar-refractivity contribution in [2.24, 2.45) is 0 Å². The molecule has 1 aliphatic carbocycles. The lowest BCUT2D eigenvalue weighted by molar-refractivity contribution is -0.0716. The van der Waals surface area contributed by atoms with Crippen LogP contribution in [0.1, 0.15) is 38.5 Å². The van der Waals surface area contributed by atoms with E-state index in [0.717, 1.165) is 38.5 Å². The van der Waals surface area contributed by atoms with Crippen LogP contribution in [0.4, 0.5) is 5.69 Å². The molecule has 0 atom stereocenters. The van der Waals surface area contributed by atoms with E-state index in [-0.39, 0.29) is 9.79 Å². The van der Waals surface area contributed by atoms with Crippen LogP contribution < -0.4 is 14.2 Å². The van der Waals surface area contributed by atoms with E-state index in [1.165, 1.54) is 28.6 Å². The van der Waals surface area contributed by atoms with E-state index in [2.05, 4.69) is 4.72 Å². The smallest absolute Gasteiger partial charge is 0.261 e. The van der Waals surface area contributed by atoms with Crippen LogP contribution in [-0.4, -0.2) is 40.0 Å². The van der Waals surface area contributed by atoms with E-state index >= 15 is 0 Å². The molecule has 0 unspecified atom stereocenters. The zero-order chi connectivity index (χ0) is 21.7. The first-order valence-electron chi connectivity index (χ1n) is 10.4. The molecule has 2 fully saturated rings. The Morgan fingerprint density at radius 2 is 1.39 bits per heavy atom. The molecule has 0 radical (unpaired) electrons. The Morgan fingerprint density at radius 1 is 0.774 bits per heavy atom. The summed E-state index contributed by atoms with van der Waals surface area (Å²) in [5.41, 5.74) is 0.353. The van der Waals surface area contributed by atoms with Gasteiger partial charge in [0.2, 0.25) is 10.0 Å². The Balaban J connectivity index is 1.34. The lowest BCUT2D eigenvalue weighted by atomic mass is 10.2. The molecule has 2 aromatic carbocycles. The zero-order valence-electron chi connectivity index (χ0n) is 16.9. The topological polar surface area (TPSA) is 102 Å². The molecule has 10 heteroatoms. The summed E-state index contributed by atoms with van der Waals surface area (Å²) in [6.07, 6.45) is 5.39. The molecule has 1 saturated carbocycles. The molecule has 0 amide bonds. The third-order valence-corrected chi connectivity index (χ3v) is 9.30. The molecule has 2 aliphatic heterocycles. The van der Waals surface area contributed by atoms with Crippen LogP contribution in [0.25, 0.3) is 0 Å². The highest BCUT2D eigenvalue weighted by molar-refractivity contribution is 7.92. The van der Waals surface area contributed by atoms with Crippen LogP contribution in [0.5, 0.6) is 11.5 Å². The molecular formula is C21H24N2O6S2. The maximum Gasteiger partial charge on any atom is 0.261 e. The molecule has 0 bridgehead atoms. The number of nitrogens with zero attached hydrogens (tertiary/aromatic N) is 1. The van der Waals surface area contributed by atoms with Crippen molar-refractivity contribution in [3.63, 3.8) is 0 Å². The monoisotopic (exact) mass is 464 g/mol. The summed E-state index contributed by atoms with van der Waals surface area (Å²) < 4.78 is 66.8. The molecule has 3 aliphatic rings. The number of hydrogen-bond acceptors (Lipinski definition) is 6. The molecule has 31 heavy (non-hydrogen) atoms. The fourth-order valence-corrected chi connectivity index (χ4v) is 6.92. The Hall–Kier alpha value is -2.30. The van der Waals surface area contributed by atoms with Crippen molar-refractivity contribution in [1.82, 2.24) is 4.31 Å². The molecular weight excluding hydrogens is 440 g/mol. The highest BCUT2D eigenvalue weighted by atomic mass is 32.2. The summed E-state index contributed by atoms with van der Waals surface area (Å²) in [7, 11) is -7.48. The quantitative estimate of drug-likeness (QED) is 0.728. The average Bonchev–Trinajstić information content (AvgIpc) is 3.49. The standard InChI is InChI=1S/C21H24N2O6S2/c24-30(25,17-6-8-18(9-7-17)31(26,27)23-13-3-4-14-23)22-16-5-10-19-20(15-16)29-21(28-19)11-1-2-12-21/h5-10,15,22H,1-4,11-14H2. The number of hydrogen-bond donors (Lipinski definition) is 1. The van der Waals surface area contributed by atoms with Gasteiger partial charge in [0, 0.05) is 32.0 Å². The predicted octanol–water partition coefficient (Wildman–Crippen LogP) is 3.31. The van der Waals surface area contributed by atoms with Crippen molar-refractivity contribution in [3.8, 4) is 11.5 Å². The lowest BCUT2D eigenvalue weighted by Gasteiger charge is -2.21. The minimum Gasteiger partial charge on any atom is -0.448 e. The van der Waals surface area contributed by atoms with Gasteiger partial charge < -0.3 is 9.47 Å². The summed E-state index contributed by atoms with van der Waals surface area (Å²) >= 11 is 0. The van der Waals surface area contributed by atoms with Gasteiger partial charge in [0.15, 0.2) is 11.5 Å². The van der Waals surface area contributed by atoms with Crippen molar-refractivity contribution in [2.75, 3.05) is 17.8 Å². The highest BCUT2D eigenvalue weighted by Gasteiger charge is 2.44. The predicted molar refractivity (Wildman–Crippen MR) is 114 cm³/mol. The zero-order valence-corrected chi connectivity index (χ0v) is 18.5. The molecule has 1 spiro atoms. The van der Waals surface area contributed by atoms with Crippen molar-refractivity contribution < 1.29 is 26.3 Å². The van der Waals surface area contributed by atoms with Gasteiger partial charge in [0.25, 0.3) is 15.8 Å². The highest BCUT2D eigenvalue weighted by Crippen LogP contribution is 2.47. The van der Waals surface area contributed by atoms with E-state index in [9.17, 15) is 16.8 Å². The van der Waals surface area contributed by atoms with E-state index in [1.54, 1.807) is 18.2 Å². The second-order valence-corrected chi connectivity index (χ2v) is 11.8. The molecule has 2 heterocycles. The molecule has 8 nitrogen and oxygen atoms in total. The molecule has 1 N–H and O–H groups in total. The van der Waals surface area contributed by atoms with Crippen LogP contribution in [0, 0.1) is 0 Å². The van der Waals surface area contributed by atoms with E-state index < -0.39 is 25.8 Å². The largest absolute Gasteiger partial charge is 0.448 e. The maximum atomic E-state index is 12.8. The Bertz CT molecular complexity index is 1200. The van der Waals surface area contributed by atoms with Crippen LogP contribution in [0.2, 0.25) is 0 Å². The van der Waals surface area contributed by atoms with Crippen molar-refractivity contribution >= 4 is 25.7 Å². The Kier molecular flexibility index (Phi) is 4.91. The number of anilines is 1. The fourth-order valence-electron chi connectivity index (χ4n) is 4.36. The van der Waals surface area contributed by atoms with Crippen LogP contribution in [0.15, 0.2) is 52.3 Å². The number of ether oxygens (including phenoxy) is 2. The Morgan fingerprint density at radius 3 is 2.06 bits per heavy atom. The summed E-state index contributed by atoms with van der Waals surface area (Å²) in [6, 6.07) is 10.2. The van der Waals surface area contributed by atoms with Crippen molar-refractivity contribution in [2.45, 2.75) is 54.1 Å². The maximum absolute atomic E-state index is 12.8. The number of fused-ring (bicyclic) bond motifs is 1. The molecule has 1 saturated heterocycles. The van der Waals surface area contributed by atoms with E-state index in [1.807, 2.05) is 0 Å². The number of sulfonamides is 2. The third kappa shape index (κ3) is 3.77. The van der Waals surface area contributed by atoms with Crippen LogP contribution >= 0.6 is 0 Å². The Labute approximate surface area is 182 Å². The second kappa shape index (κ2) is 7.39. The van der Waals surface area contributed by atoms with Gasteiger partial charge in [-0.05, 0) is 62.1 Å². The summed E-state index contributed by atoms with van der Waals surface area (Å²) in [5.74, 6) is 0.520. The van der Waals surface area contributed by atoms with Gasteiger partial charge in [-0.2, -0.15) is 4.31 Å². The summed E-state index contributed by atoms with van der Waals surface area (Å²) in [5, 5.41) is 0. The van der Waals surface area contributed by atoms with Crippen LogP contribution in [0.3, 0.4) is 0 Å². The second-order valence-electron chi connectivity index (χ2n) is 8.17. The fraction of sp³-hybridized carbons (Fsp3) is 0.429. The van der Waals surface area contributed by atoms with Gasteiger partial charge in [-0.1, -0.05) is 0 Å². The van der Waals surface area contributed by atoms with Gasteiger partial charge in [0.1, 0.15) is 0 Å². The van der Waals surface area contributed by atoms with E-state index in [4.69, 9.17) is 9.47 Å². The van der Waals surface area contributed by atoms with Gasteiger partial charge in [-0.25, -0.2) is 16.8 Å². The lowest BCUT2D eigenvalue weighted by Crippen LogP contribution is -2.34. The van der Waals surface area contributed by atoms with Crippen molar-refractivity contribution in [3.05, 3.63) is 42.5 Å². The van der Waals surface area contributed by atoms with Gasteiger partial charge >= 0.3 is 0 Å². The molecule has 0 aromatic heterocycles. The first-order chi connectivity index (χ1) is 14.8. The van der Waals surface area contributed by atoms with E-state index in [0.29, 0.717) is 30.3 Å². The number of nitrogens with one attached hydrogen (secondary N) is 1. The molecule has 5 rings (SSSR count). The first-order valence-corrected chi connectivity index (χ1v) is 13.4. The average molecular weight is 465 g/mol. The third-order valence-electron chi connectivity index (χ3n) is 5.99. The van der Waals surface area contributed by atoms with Gasteiger partial charge in [-0.3, -0.25) is 4.72 Å². The van der Waals surface area contributed by atoms with Gasteiger partial charge in [-0.15, -0.1) is 0 Å². The molecule has 166 valence electrons. The molecule has 2 aromatic rings. The van der Waals surface area contributed by atoms with Crippen molar-refractivity contribution in [1.29, 1.82) is 0 Å². The normalized spacial score (nSPS) is 20.4. The number of benzene rings is 2. The summed E-state index contributed by atoms with van der Waals surface area (Å²) in [4.78, 5) is 0.0797. The minimum absolute atomic E-state index is 0.0159. The SMILES string of the molecule is O=S(=O)(Nc1ccc2c(c1)OC1(CCCC1)O2)c1ccc(S(=O)(=O)N2CCCC2)cc1. The number of rotatable bonds is 5. The minimum atomic E-state index is -3.89.